The highest BCUT2D eigenvalue weighted by Gasteiger charge is 2.62. The van der Waals surface area contributed by atoms with Gasteiger partial charge in [0, 0.05) is 0 Å². The van der Waals surface area contributed by atoms with Crippen LogP contribution >= 0.6 is 11.6 Å². The molecule has 0 amide bonds. The number of pyridine rings is 1. The molecule has 0 bridgehead atoms. The normalized spacial score (nSPS) is 21.8. The summed E-state index contributed by atoms with van der Waals surface area (Å²) in [6, 6.07) is 0. The highest BCUT2D eigenvalue weighted by atomic mass is 35.5. The third-order valence-corrected chi connectivity index (χ3v) is 4.75. The largest absolute Gasteiger partial charge is 0.479 e. The van der Waals surface area contributed by atoms with Crippen molar-refractivity contribution >= 4 is 17.6 Å². The number of hydrogen-bond donors (Lipinski definition) is 0. The maximum atomic E-state index is 14.0. The first kappa shape index (κ1) is 21.3. The van der Waals surface area contributed by atoms with Crippen molar-refractivity contribution < 1.29 is 40.6 Å². The summed E-state index contributed by atoms with van der Waals surface area (Å²) in [5.74, 6) is -8.37. The van der Waals surface area contributed by atoms with Crippen LogP contribution < -0.4 is 4.74 Å². The van der Waals surface area contributed by atoms with Crippen molar-refractivity contribution in [1.29, 1.82) is 0 Å². The second-order valence-electron chi connectivity index (χ2n) is 6.46. The van der Waals surface area contributed by atoms with E-state index in [0.717, 1.165) is 7.11 Å². The van der Waals surface area contributed by atoms with Gasteiger partial charge in [0.25, 0.3) is 11.8 Å². The van der Waals surface area contributed by atoms with Crippen LogP contribution in [0.5, 0.6) is 5.88 Å². The van der Waals surface area contributed by atoms with Gasteiger partial charge in [-0.15, -0.1) is 0 Å². The van der Waals surface area contributed by atoms with Crippen molar-refractivity contribution in [1.82, 2.24) is 4.98 Å². The average Bonchev–Trinajstić information content (AvgIpc) is 3.10. The second-order valence-corrected chi connectivity index (χ2v) is 6.87. The SMILES string of the molecule is COc1nc(F)c(F)c(COC(=O)C2C(/C=C(/Cl)C(F)(F)F)C2(C)C)c1F. The van der Waals surface area contributed by atoms with E-state index in [1.54, 1.807) is 0 Å². The van der Waals surface area contributed by atoms with Gasteiger partial charge in [0.15, 0.2) is 11.6 Å². The third-order valence-electron chi connectivity index (χ3n) is 4.41. The Labute approximate surface area is 155 Å². The number of nitrogens with zero attached hydrogens (tertiary/aromatic N) is 1. The first-order valence-corrected chi connectivity index (χ1v) is 7.88. The van der Waals surface area contributed by atoms with Crippen molar-refractivity contribution in [3.63, 3.8) is 0 Å². The molecule has 4 nitrogen and oxygen atoms in total. The Hall–Kier alpha value is -1.97. The van der Waals surface area contributed by atoms with E-state index in [-0.39, 0.29) is 0 Å². The Morgan fingerprint density at radius 2 is 1.85 bits per heavy atom. The molecule has 0 spiro atoms. The Morgan fingerprint density at radius 1 is 1.26 bits per heavy atom. The van der Waals surface area contributed by atoms with Crippen LogP contribution in [0, 0.1) is 34.8 Å². The number of esters is 1. The van der Waals surface area contributed by atoms with E-state index in [0.29, 0.717) is 6.08 Å². The monoisotopic (exact) mass is 417 g/mol. The van der Waals surface area contributed by atoms with E-state index < -0.39 is 70.1 Å². The summed E-state index contributed by atoms with van der Waals surface area (Å²) in [5.41, 5.74) is -1.83. The van der Waals surface area contributed by atoms with Crippen LogP contribution in [-0.4, -0.2) is 24.2 Å². The summed E-state index contributed by atoms with van der Waals surface area (Å²) in [6.45, 7) is 2.04. The zero-order valence-electron chi connectivity index (χ0n) is 14.3. The Kier molecular flexibility index (Phi) is 5.70. The summed E-state index contributed by atoms with van der Waals surface area (Å²) in [4.78, 5) is 15.0. The minimum atomic E-state index is -4.76. The first-order chi connectivity index (χ1) is 12.3. The molecule has 1 aliphatic carbocycles. The van der Waals surface area contributed by atoms with Crippen LogP contribution in [0.3, 0.4) is 0 Å². The smallest absolute Gasteiger partial charge is 0.426 e. The highest BCUT2D eigenvalue weighted by molar-refractivity contribution is 6.30. The molecule has 2 rings (SSSR count). The average molecular weight is 418 g/mol. The summed E-state index contributed by atoms with van der Waals surface area (Å²) in [7, 11) is 0.979. The van der Waals surface area contributed by atoms with Crippen molar-refractivity contribution in [2.24, 2.45) is 17.3 Å². The van der Waals surface area contributed by atoms with Crippen molar-refractivity contribution in [2.45, 2.75) is 26.6 Å². The van der Waals surface area contributed by atoms with E-state index in [2.05, 4.69) is 9.72 Å². The molecule has 1 aromatic heterocycles. The molecular formula is C16H14ClF6NO3. The molecule has 27 heavy (non-hydrogen) atoms. The third kappa shape index (κ3) is 4.15. The number of methoxy groups -OCH3 is 1. The molecule has 1 heterocycles. The minimum absolute atomic E-state index is 0.698. The summed E-state index contributed by atoms with van der Waals surface area (Å²) in [6.07, 6.45) is -4.06. The number of allylic oxidation sites excluding steroid dienone is 2. The molecule has 1 fully saturated rings. The summed E-state index contributed by atoms with van der Waals surface area (Å²) < 4.78 is 87.8. The van der Waals surface area contributed by atoms with Gasteiger partial charge in [-0.1, -0.05) is 31.5 Å². The molecule has 1 aromatic rings. The number of halogens is 7. The van der Waals surface area contributed by atoms with Gasteiger partial charge >= 0.3 is 12.1 Å². The van der Waals surface area contributed by atoms with Crippen LogP contribution in [0.1, 0.15) is 19.4 Å². The molecule has 2 atom stereocenters. The lowest BCUT2D eigenvalue weighted by Gasteiger charge is -2.10. The zero-order valence-corrected chi connectivity index (χ0v) is 15.0. The topological polar surface area (TPSA) is 48.4 Å². The standard InChI is InChI=1S/C16H14ClF6NO3/c1-15(2)7(4-8(17)16(21,22)23)9(15)14(25)27-5-6-10(18)12(20)24-13(26-3)11(6)19/h4,7,9H,5H2,1-3H3/b8-4+. The van der Waals surface area contributed by atoms with Crippen molar-refractivity contribution in [2.75, 3.05) is 7.11 Å². The molecule has 0 aromatic carbocycles. The Bertz CT molecular complexity index is 793. The van der Waals surface area contributed by atoms with Gasteiger partial charge in [0.2, 0.25) is 0 Å². The number of carbonyl (C=O) groups is 1. The van der Waals surface area contributed by atoms with E-state index in [1.165, 1.54) is 13.8 Å². The van der Waals surface area contributed by atoms with Gasteiger partial charge in [0.05, 0.1) is 18.6 Å². The fourth-order valence-corrected chi connectivity index (χ4v) is 2.86. The Balaban J connectivity index is 2.15. The molecule has 0 N–H and O–H groups in total. The number of alkyl halides is 3. The molecule has 1 aliphatic rings. The van der Waals surface area contributed by atoms with Crippen molar-refractivity contribution in [3.8, 4) is 5.88 Å². The summed E-state index contributed by atoms with van der Waals surface area (Å²) >= 11 is 5.18. The summed E-state index contributed by atoms with van der Waals surface area (Å²) in [5, 5.41) is -1.38. The zero-order chi connectivity index (χ0) is 20.7. The van der Waals surface area contributed by atoms with Gasteiger partial charge in [-0.05, 0) is 11.3 Å². The maximum Gasteiger partial charge on any atom is 0.426 e. The van der Waals surface area contributed by atoms with Gasteiger partial charge in [-0.25, -0.2) is 8.78 Å². The number of hydrogen-bond acceptors (Lipinski definition) is 4. The van der Waals surface area contributed by atoms with E-state index in [1.807, 2.05) is 0 Å². The molecule has 0 radical (unpaired) electrons. The number of aromatic nitrogens is 1. The van der Waals surface area contributed by atoms with Crippen LogP contribution in [0.15, 0.2) is 11.1 Å². The predicted molar refractivity (Wildman–Crippen MR) is 81.2 cm³/mol. The van der Waals surface area contributed by atoms with Gasteiger partial charge in [0.1, 0.15) is 11.6 Å². The van der Waals surface area contributed by atoms with Gasteiger partial charge in [-0.3, -0.25) is 4.79 Å². The molecule has 0 saturated heterocycles. The van der Waals surface area contributed by atoms with Crippen LogP contribution in [0.25, 0.3) is 0 Å². The molecule has 1 saturated carbocycles. The molecule has 150 valence electrons. The van der Waals surface area contributed by atoms with Gasteiger partial charge < -0.3 is 9.47 Å². The van der Waals surface area contributed by atoms with Crippen molar-refractivity contribution in [3.05, 3.63) is 34.3 Å². The number of rotatable bonds is 5. The number of carbonyl (C=O) groups excluding carboxylic acids is 1. The van der Waals surface area contributed by atoms with E-state index in [9.17, 15) is 31.1 Å². The highest BCUT2D eigenvalue weighted by Crippen LogP contribution is 2.60. The van der Waals surface area contributed by atoms with E-state index in [4.69, 9.17) is 16.3 Å². The first-order valence-electron chi connectivity index (χ1n) is 7.50. The maximum absolute atomic E-state index is 14.0. The molecule has 2 unspecified atom stereocenters. The molecule has 0 aliphatic heterocycles. The predicted octanol–water partition coefficient (Wildman–Crippen LogP) is 4.51. The van der Waals surface area contributed by atoms with Crippen LogP contribution in [0.2, 0.25) is 0 Å². The quantitative estimate of drug-likeness (QED) is 0.402. The lowest BCUT2D eigenvalue weighted by Crippen LogP contribution is -2.14. The van der Waals surface area contributed by atoms with Crippen LogP contribution in [0.4, 0.5) is 26.3 Å². The lowest BCUT2D eigenvalue weighted by molar-refractivity contribution is -0.147. The number of ether oxygens (including phenoxy) is 2. The fourth-order valence-electron chi connectivity index (χ4n) is 2.72. The molecular weight excluding hydrogens is 404 g/mol. The van der Waals surface area contributed by atoms with E-state index >= 15 is 0 Å². The molecule has 11 heteroatoms. The second kappa shape index (κ2) is 7.21. The minimum Gasteiger partial charge on any atom is -0.479 e. The van der Waals surface area contributed by atoms with Crippen LogP contribution in [-0.2, 0) is 16.1 Å². The van der Waals surface area contributed by atoms with Gasteiger partial charge in [-0.2, -0.15) is 22.5 Å². The fraction of sp³-hybridized carbons (Fsp3) is 0.500. The lowest BCUT2D eigenvalue weighted by atomic mass is 10.1. The Morgan fingerprint density at radius 3 is 2.37 bits per heavy atom.